The van der Waals surface area contributed by atoms with E-state index in [0.717, 1.165) is 115 Å². The Bertz CT molecular complexity index is 1990. The monoisotopic (exact) mass is 1450 g/mol. The van der Waals surface area contributed by atoms with Gasteiger partial charge in [0.05, 0.1) is 26.4 Å². The minimum atomic E-state index is -4.97. The predicted octanol–water partition coefficient (Wildman–Crippen LogP) is 23.6. The van der Waals surface area contributed by atoms with E-state index in [1.165, 1.54) is 205 Å². The second kappa shape index (κ2) is 72.5. The van der Waals surface area contributed by atoms with Gasteiger partial charge in [0.2, 0.25) is 0 Å². The molecule has 3 N–H and O–H groups in total. The Kier molecular flexibility index (Phi) is 70.7. The number of unbranched alkanes of at least 4 members (excludes halogenated alkanes) is 46. The number of aliphatic hydroxyl groups excluding tert-OH is 1. The summed E-state index contributed by atoms with van der Waals surface area (Å²) in [4.78, 5) is 72.9. The second-order valence-corrected chi connectivity index (χ2v) is 31.3. The van der Waals surface area contributed by atoms with Crippen molar-refractivity contribution >= 4 is 39.5 Å². The zero-order valence-electron chi connectivity index (χ0n) is 64.1. The summed E-state index contributed by atoms with van der Waals surface area (Å²) in [5, 5.41) is 10.6. The molecule has 6 atom stereocenters. The molecule has 0 aliphatic heterocycles. The number of esters is 4. The van der Waals surface area contributed by atoms with Gasteiger partial charge >= 0.3 is 39.5 Å². The van der Waals surface area contributed by atoms with Crippen molar-refractivity contribution in [1.29, 1.82) is 0 Å². The molecule has 0 amide bonds. The molecule has 0 aromatic rings. The molecule has 0 spiro atoms. The van der Waals surface area contributed by atoms with E-state index in [9.17, 15) is 43.2 Å². The van der Waals surface area contributed by atoms with Gasteiger partial charge in [0, 0.05) is 25.7 Å². The van der Waals surface area contributed by atoms with Gasteiger partial charge in [-0.15, -0.1) is 0 Å². The van der Waals surface area contributed by atoms with E-state index in [4.69, 9.17) is 37.0 Å². The van der Waals surface area contributed by atoms with Crippen molar-refractivity contribution in [1.82, 2.24) is 0 Å². The van der Waals surface area contributed by atoms with Crippen LogP contribution in [0.1, 0.15) is 401 Å². The van der Waals surface area contributed by atoms with Gasteiger partial charge in [-0.2, -0.15) is 0 Å². The maximum atomic E-state index is 13.1. The van der Waals surface area contributed by atoms with Crippen LogP contribution in [0.5, 0.6) is 0 Å². The fraction of sp³-hybridized carbons (Fsp3) is 0.900. The standard InChI is InChI=1S/C80H152O17P2/c1-6-10-13-16-19-22-25-27-29-30-31-32-33-34-36-38-41-44-50-55-60-65-79(84)96-75(69-91-78(83)64-59-54-49-43-40-37-35-28-26-23-20-17-14-11-7-2)71-94-98(86,87)92-67-74(81)68-93-99(88,89)95-72-76(70-90-77(82)63-58-53-48-42-39-24-21-18-15-12-8-3)97-80(85)66-61-56-51-46-45-47-52-57-62-73(5)9-4/h23,26,28,35,73-76,81H,6-22,24-25,27,29-34,36-72H2,1-5H3,(H,86,87)(H,88,89)/b26-23-,35-28-/t73?,74-,75-,76-/m1/s1. The quantitative estimate of drug-likeness (QED) is 0.0169. The minimum absolute atomic E-state index is 0.102. The minimum Gasteiger partial charge on any atom is -0.462 e. The van der Waals surface area contributed by atoms with Crippen molar-refractivity contribution in [3.05, 3.63) is 24.3 Å². The molecule has 0 aliphatic rings. The molecule has 0 rings (SSSR count). The van der Waals surface area contributed by atoms with Crippen LogP contribution in [-0.4, -0.2) is 96.7 Å². The number of phosphoric acid groups is 2. The second-order valence-electron chi connectivity index (χ2n) is 28.4. The largest absolute Gasteiger partial charge is 0.472 e. The van der Waals surface area contributed by atoms with Gasteiger partial charge in [0.1, 0.15) is 19.3 Å². The number of hydrogen-bond acceptors (Lipinski definition) is 15. The van der Waals surface area contributed by atoms with Crippen molar-refractivity contribution < 1.29 is 80.2 Å². The molecular weight excluding hydrogens is 1290 g/mol. The molecule has 0 radical (unpaired) electrons. The molecule has 0 saturated heterocycles. The molecular formula is C80H152O17P2. The van der Waals surface area contributed by atoms with Crippen LogP contribution in [0.25, 0.3) is 0 Å². The molecule has 99 heavy (non-hydrogen) atoms. The molecule has 19 heteroatoms. The van der Waals surface area contributed by atoms with Crippen LogP contribution in [0.2, 0.25) is 0 Å². The first-order chi connectivity index (χ1) is 48.1. The lowest BCUT2D eigenvalue weighted by Crippen LogP contribution is -2.30. The lowest BCUT2D eigenvalue weighted by molar-refractivity contribution is -0.161. The predicted molar refractivity (Wildman–Crippen MR) is 404 cm³/mol. The summed E-state index contributed by atoms with van der Waals surface area (Å²) >= 11 is 0. The Labute approximate surface area is 605 Å². The average molecular weight is 1450 g/mol. The first-order valence-corrected chi connectivity index (χ1v) is 44.0. The average Bonchev–Trinajstić information content (AvgIpc) is 2.03. The normalized spacial score (nSPS) is 14.3. The Hall–Kier alpha value is -2.46. The van der Waals surface area contributed by atoms with E-state index in [1.807, 2.05) is 0 Å². The zero-order chi connectivity index (χ0) is 72.7. The maximum absolute atomic E-state index is 13.1. The van der Waals surface area contributed by atoms with E-state index >= 15 is 0 Å². The Morgan fingerprint density at radius 1 is 0.323 bits per heavy atom. The third-order valence-electron chi connectivity index (χ3n) is 18.5. The van der Waals surface area contributed by atoms with Crippen LogP contribution in [0.4, 0.5) is 0 Å². The molecule has 584 valence electrons. The van der Waals surface area contributed by atoms with Gasteiger partial charge in [0.25, 0.3) is 0 Å². The summed E-state index contributed by atoms with van der Waals surface area (Å²) < 4.78 is 68.6. The van der Waals surface area contributed by atoms with Gasteiger partial charge in [-0.3, -0.25) is 37.3 Å². The summed E-state index contributed by atoms with van der Waals surface area (Å²) in [6, 6.07) is 0. The first kappa shape index (κ1) is 96.5. The van der Waals surface area contributed by atoms with E-state index in [0.29, 0.717) is 25.7 Å². The molecule has 0 bridgehead atoms. The molecule has 0 aromatic carbocycles. The highest BCUT2D eigenvalue weighted by atomic mass is 31.2. The number of ether oxygens (including phenoxy) is 4. The molecule has 0 fully saturated rings. The van der Waals surface area contributed by atoms with Crippen molar-refractivity contribution in [2.24, 2.45) is 5.92 Å². The highest BCUT2D eigenvalue weighted by Gasteiger charge is 2.30. The van der Waals surface area contributed by atoms with Crippen molar-refractivity contribution in [3.8, 4) is 0 Å². The van der Waals surface area contributed by atoms with E-state index in [-0.39, 0.29) is 25.7 Å². The summed E-state index contributed by atoms with van der Waals surface area (Å²) in [6.07, 6.45) is 66.0. The van der Waals surface area contributed by atoms with Gasteiger partial charge in [0.15, 0.2) is 12.2 Å². The number of allylic oxidation sites excluding steroid dienone is 4. The SMILES string of the molecule is CCCCCC/C=C\C=C/CCCCCCCC(=O)OC[C@H](COP(=O)(O)OC[C@@H](O)COP(=O)(O)OC[C@@H](COC(=O)CCCCCCCCCCCCC)OC(=O)CCCCCCCCCCC(C)CC)OC(=O)CCCCCCCCCCCCCCCCCCCCCCC. The molecule has 0 aliphatic carbocycles. The number of phosphoric ester groups is 2. The van der Waals surface area contributed by atoms with Crippen LogP contribution in [0.3, 0.4) is 0 Å². The number of aliphatic hydroxyl groups is 1. The molecule has 0 heterocycles. The Morgan fingerprint density at radius 3 is 0.859 bits per heavy atom. The van der Waals surface area contributed by atoms with Gasteiger partial charge in [-0.25, -0.2) is 9.13 Å². The van der Waals surface area contributed by atoms with Crippen molar-refractivity contribution in [2.75, 3.05) is 39.6 Å². The van der Waals surface area contributed by atoms with Gasteiger partial charge < -0.3 is 33.8 Å². The summed E-state index contributed by atoms with van der Waals surface area (Å²) in [5.74, 6) is -1.37. The van der Waals surface area contributed by atoms with E-state index in [2.05, 4.69) is 58.9 Å². The fourth-order valence-corrected chi connectivity index (χ4v) is 13.4. The topological polar surface area (TPSA) is 237 Å². The molecule has 17 nitrogen and oxygen atoms in total. The molecule has 3 unspecified atom stereocenters. The van der Waals surface area contributed by atoms with E-state index in [1.54, 1.807) is 0 Å². The lowest BCUT2D eigenvalue weighted by atomic mass is 9.99. The van der Waals surface area contributed by atoms with Crippen molar-refractivity contribution in [2.45, 2.75) is 419 Å². The Balaban J connectivity index is 5.25. The number of carbonyl (C=O) groups is 4. The van der Waals surface area contributed by atoms with Crippen LogP contribution in [0.15, 0.2) is 24.3 Å². The van der Waals surface area contributed by atoms with Crippen molar-refractivity contribution in [3.63, 3.8) is 0 Å². The third kappa shape index (κ3) is 72.3. The Morgan fingerprint density at radius 2 is 0.566 bits per heavy atom. The fourth-order valence-electron chi connectivity index (χ4n) is 11.8. The summed E-state index contributed by atoms with van der Waals surface area (Å²) in [7, 11) is -9.93. The molecule has 0 saturated carbocycles. The highest BCUT2D eigenvalue weighted by molar-refractivity contribution is 7.47. The lowest BCUT2D eigenvalue weighted by Gasteiger charge is -2.21. The van der Waals surface area contributed by atoms with Crippen LogP contribution >= 0.6 is 15.6 Å². The number of rotatable bonds is 78. The van der Waals surface area contributed by atoms with E-state index < -0.39 is 97.5 Å². The summed E-state index contributed by atoms with van der Waals surface area (Å²) in [6.45, 7) is 7.24. The third-order valence-corrected chi connectivity index (χ3v) is 20.4. The maximum Gasteiger partial charge on any atom is 0.472 e. The number of carbonyl (C=O) groups excluding carboxylic acids is 4. The van der Waals surface area contributed by atoms with Crippen LogP contribution < -0.4 is 0 Å². The first-order valence-electron chi connectivity index (χ1n) is 41.0. The smallest absolute Gasteiger partial charge is 0.462 e. The van der Waals surface area contributed by atoms with Crippen LogP contribution in [-0.2, 0) is 65.4 Å². The van der Waals surface area contributed by atoms with Crippen LogP contribution in [0, 0.1) is 5.92 Å². The summed E-state index contributed by atoms with van der Waals surface area (Å²) in [5.41, 5.74) is 0. The zero-order valence-corrected chi connectivity index (χ0v) is 65.9. The number of hydrogen-bond donors (Lipinski definition) is 3. The van der Waals surface area contributed by atoms with Gasteiger partial charge in [-0.05, 0) is 57.3 Å². The molecule has 0 aromatic heterocycles. The highest BCUT2D eigenvalue weighted by Crippen LogP contribution is 2.45. The van der Waals surface area contributed by atoms with Gasteiger partial charge in [-0.1, -0.05) is 348 Å².